The maximum absolute atomic E-state index is 14.2. The quantitative estimate of drug-likeness (QED) is 0.906. The molecule has 0 aliphatic rings. The Balaban J connectivity index is 2.15. The van der Waals surface area contributed by atoms with Gasteiger partial charge in [-0.25, -0.2) is 13.8 Å². The molecule has 0 spiro atoms. The number of hydrogen-bond donors (Lipinski definition) is 1. The summed E-state index contributed by atoms with van der Waals surface area (Å²) >= 11 is 0. The minimum Gasteiger partial charge on any atom is -0.436 e. The first-order chi connectivity index (χ1) is 9.56. The number of rotatable bonds is 5. The van der Waals surface area contributed by atoms with Crippen LogP contribution in [-0.2, 0) is 6.54 Å². The smallest absolute Gasteiger partial charge is 0.256 e. The molecule has 0 unspecified atom stereocenters. The Bertz CT molecular complexity index is 571. The van der Waals surface area contributed by atoms with Gasteiger partial charge >= 0.3 is 0 Å². The second-order valence-electron chi connectivity index (χ2n) is 4.68. The third-order valence-corrected chi connectivity index (χ3v) is 2.67. The molecule has 1 heterocycles. The summed E-state index contributed by atoms with van der Waals surface area (Å²) in [5.41, 5.74) is 0.478. The summed E-state index contributed by atoms with van der Waals surface area (Å²) in [5, 5.41) is 3.13. The van der Waals surface area contributed by atoms with Crippen molar-refractivity contribution in [3.05, 3.63) is 53.7 Å². The van der Waals surface area contributed by atoms with Crippen molar-refractivity contribution in [2.75, 3.05) is 0 Å². The first-order valence-corrected chi connectivity index (χ1v) is 6.36. The number of nitrogens with zero attached hydrogens (tertiary/aromatic N) is 1. The predicted octanol–water partition coefficient (Wildman–Crippen LogP) is 3.65. The molecule has 0 bridgehead atoms. The number of nitrogens with one attached hydrogen (secondary N) is 1. The van der Waals surface area contributed by atoms with Crippen molar-refractivity contribution in [3.8, 4) is 11.6 Å². The van der Waals surface area contributed by atoms with E-state index < -0.39 is 5.82 Å². The summed E-state index contributed by atoms with van der Waals surface area (Å²) in [5.74, 6) is -0.655. The van der Waals surface area contributed by atoms with E-state index in [0.29, 0.717) is 17.9 Å². The topological polar surface area (TPSA) is 34.2 Å². The molecule has 0 radical (unpaired) electrons. The van der Waals surface area contributed by atoms with E-state index in [1.165, 1.54) is 30.5 Å². The lowest BCUT2D eigenvalue weighted by atomic mass is 10.2. The molecule has 0 saturated heterocycles. The minimum absolute atomic E-state index is 0.111. The molecule has 0 atom stereocenters. The zero-order valence-electron chi connectivity index (χ0n) is 11.4. The monoisotopic (exact) mass is 278 g/mol. The summed E-state index contributed by atoms with van der Waals surface area (Å²) in [6.45, 7) is 4.36. The van der Waals surface area contributed by atoms with Gasteiger partial charge in [-0.2, -0.15) is 0 Å². The van der Waals surface area contributed by atoms with Gasteiger partial charge in [-0.1, -0.05) is 13.8 Å². The van der Waals surface area contributed by atoms with Crippen LogP contribution in [0.25, 0.3) is 0 Å². The Kier molecular flexibility index (Phi) is 4.63. The SMILES string of the molecule is CC(C)NCc1ccnc(Oc2ccc(F)cc2)c1F. The van der Waals surface area contributed by atoms with Crippen LogP contribution in [0.1, 0.15) is 19.4 Å². The second kappa shape index (κ2) is 6.43. The van der Waals surface area contributed by atoms with Gasteiger partial charge in [0.1, 0.15) is 11.6 Å². The van der Waals surface area contributed by atoms with Crippen LogP contribution in [0.3, 0.4) is 0 Å². The third-order valence-electron chi connectivity index (χ3n) is 2.67. The van der Waals surface area contributed by atoms with Crippen LogP contribution in [0.4, 0.5) is 8.78 Å². The van der Waals surface area contributed by atoms with Crippen LogP contribution in [0, 0.1) is 11.6 Å². The van der Waals surface area contributed by atoms with Gasteiger partial charge in [0.05, 0.1) is 0 Å². The molecule has 0 amide bonds. The number of benzene rings is 1. The summed E-state index contributed by atoms with van der Waals surface area (Å²) in [7, 11) is 0. The van der Waals surface area contributed by atoms with Crippen LogP contribution in [0.15, 0.2) is 36.5 Å². The lowest BCUT2D eigenvalue weighted by molar-refractivity contribution is 0.415. The average Bonchev–Trinajstić information content (AvgIpc) is 2.42. The maximum atomic E-state index is 14.2. The second-order valence-corrected chi connectivity index (χ2v) is 4.68. The molecule has 2 aromatic rings. The van der Waals surface area contributed by atoms with Crippen molar-refractivity contribution in [1.82, 2.24) is 10.3 Å². The number of pyridine rings is 1. The first kappa shape index (κ1) is 14.4. The van der Waals surface area contributed by atoms with Crippen molar-refractivity contribution in [3.63, 3.8) is 0 Å². The van der Waals surface area contributed by atoms with E-state index in [-0.39, 0.29) is 17.7 Å². The van der Waals surface area contributed by atoms with Crippen LogP contribution in [0.2, 0.25) is 0 Å². The Morgan fingerprint density at radius 2 is 1.85 bits per heavy atom. The summed E-state index contributed by atoms with van der Waals surface area (Å²) in [6.07, 6.45) is 1.49. The van der Waals surface area contributed by atoms with Crippen molar-refractivity contribution in [1.29, 1.82) is 0 Å². The standard InChI is InChI=1S/C15H16F2N2O/c1-10(2)19-9-11-7-8-18-15(14(11)17)20-13-5-3-12(16)4-6-13/h3-8,10,19H,9H2,1-2H3. The predicted molar refractivity (Wildman–Crippen MR) is 72.6 cm³/mol. The fourth-order valence-corrected chi connectivity index (χ4v) is 1.60. The van der Waals surface area contributed by atoms with Gasteiger partial charge in [0.25, 0.3) is 5.88 Å². The van der Waals surface area contributed by atoms with Gasteiger partial charge in [-0.05, 0) is 30.3 Å². The van der Waals surface area contributed by atoms with E-state index in [2.05, 4.69) is 10.3 Å². The molecule has 0 aliphatic carbocycles. The highest BCUT2D eigenvalue weighted by molar-refractivity contribution is 5.30. The van der Waals surface area contributed by atoms with Gasteiger partial charge < -0.3 is 10.1 Å². The maximum Gasteiger partial charge on any atom is 0.256 e. The van der Waals surface area contributed by atoms with Crippen molar-refractivity contribution < 1.29 is 13.5 Å². The summed E-state index contributed by atoms with van der Waals surface area (Å²) in [6, 6.07) is 7.20. The highest BCUT2D eigenvalue weighted by Gasteiger charge is 2.12. The summed E-state index contributed by atoms with van der Waals surface area (Å²) < 4.78 is 32.3. The molecule has 0 fully saturated rings. The Morgan fingerprint density at radius 3 is 2.50 bits per heavy atom. The molecular formula is C15H16F2N2O. The van der Waals surface area contributed by atoms with E-state index in [9.17, 15) is 8.78 Å². The highest BCUT2D eigenvalue weighted by atomic mass is 19.1. The van der Waals surface area contributed by atoms with Gasteiger partial charge in [-0.3, -0.25) is 0 Å². The molecule has 0 aliphatic heterocycles. The van der Waals surface area contributed by atoms with Crippen molar-refractivity contribution in [2.45, 2.75) is 26.4 Å². The normalized spacial score (nSPS) is 10.8. The number of ether oxygens (including phenoxy) is 1. The van der Waals surface area contributed by atoms with Crippen molar-refractivity contribution >= 4 is 0 Å². The Labute approximate surface area is 116 Å². The number of hydrogen-bond acceptors (Lipinski definition) is 3. The zero-order chi connectivity index (χ0) is 14.5. The van der Waals surface area contributed by atoms with E-state index in [1.807, 2.05) is 13.8 Å². The highest BCUT2D eigenvalue weighted by Crippen LogP contribution is 2.24. The van der Waals surface area contributed by atoms with Crippen molar-refractivity contribution in [2.24, 2.45) is 0 Å². The number of aromatic nitrogens is 1. The molecular weight excluding hydrogens is 262 g/mol. The molecule has 106 valence electrons. The molecule has 1 N–H and O–H groups in total. The molecule has 2 rings (SSSR count). The van der Waals surface area contributed by atoms with E-state index in [4.69, 9.17) is 4.74 Å². The van der Waals surface area contributed by atoms with Crippen LogP contribution >= 0.6 is 0 Å². The van der Waals surface area contributed by atoms with Gasteiger partial charge in [0, 0.05) is 24.3 Å². The Morgan fingerprint density at radius 1 is 1.15 bits per heavy atom. The largest absolute Gasteiger partial charge is 0.436 e. The molecule has 3 nitrogen and oxygen atoms in total. The molecule has 0 saturated carbocycles. The lowest BCUT2D eigenvalue weighted by Gasteiger charge is -2.11. The van der Waals surface area contributed by atoms with Gasteiger partial charge in [0.15, 0.2) is 5.82 Å². The average molecular weight is 278 g/mol. The van der Waals surface area contributed by atoms with E-state index in [1.54, 1.807) is 6.07 Å². The molecule has 1 aromatic heterocycles. The first-order valence-electron chi connectivity index (χ1n) is 6.36. The van der Waals surface area contributed by atoms with Crippen LogP contribution < -0.4 is 10.1 Å². The fraction of sp³-hybridized carbons (Fsp3) is 0.267. The molecule has 5 heteroatoms. The third kappa shape index (κ3) is 3.74. The summed E-state index contributed by atoms with van der Waals surface area (Å²) in [4.78, 5) is 3.86. The van der Waals surface area contributed by atoms with E-state index in [0.717, 1.165) is 0 Å². The van der Waals surface area contributed by atoms with Gasteiger partial charge in [-0.15, -0.1) is 0 Å². The lowest BCUT2D eigenvalue weighted by Crippen LogP contribution is -2.22. The molecule has 20 heavy (non-hydrogen) atoms. The molecule has 1 aromatic carbocycles. The minimum atomic E-state index is -0.509. The van der Waals surface area contributed by atoms with Gasteiger partial charge in [0.2, 0.25) is 0 Å². The van der Waals surface area contributed by atoms with E-state index >= 15 is 0 Å². The van der Waals surface area contributed by atoms with Crippen LogP contribution in [0.5, 0.6) is 11.6 Å². The number of halogens is 2. The fourth-order valence-electron chi connectivity index (χ4n) is 1.60. The zero-order valence-corrected chi connectivity index (χ0v) is 11.4. The van der Waals surface area contributed by atoms with Crippen LogP contribution in [-0.4, -0.2) is 11.0 Å². The Hall–Kier alpha value is -2.01.